The topological polar surface area (TPSA) is 197 Å². The second-order valence-electron chi connectivity index (χ2n) is 15.0. The van der Waals surface area contributed by atoms with E-state index < -0.39 is 60.1 Å². The van der Waals surface area contributed by atoms with Gasteiger partial charge in [0.05, 0.1) is 12.6 Å². The Morgan fingerprint density at radius 1 is 0.792 bits per heavy atom. The molecule has 3 aliphatic rings. The van der Waals surface area contributed by atoms with Crippen LogP contribution in [0.2, 0.25) is 0 Å². The van der Waals surface area contributed by atoms with Crippen molar-refractivity contribution in [1.82, 2.24) is 26.2 Å². The van der Waals surface area contributed by atoms with Gasteiger partial charge in [-0.15, -0.1) is 0 Å². The summed E-state index contributed by atoms with van der Waals surface area (Å²) in [4.78, 5) is 94.5. The van der Waals surface area contributed by atoms with E-state index in [4.69, 9.17) is 5.73 Å². The normalized spacial score (nSPS) is 18.0. The van der Waals surface area contributed by atoms with Gasteiger partial charge in [0.15, 0.2) is 0 Å². The number of aryl methyl sites for hydroxylation is 1. The summed E-state index contributed by atoms with van der Waals surface area (Å²) in [6.45, 7) is 1.30. The van der Waals surface area contributed by atoms with Gasteiger partial charge in [-0.1, -0.05) is 93.0 Å². The van der Waals surface area contributed by atoms with Gasteiger partial charge in [-0.05, 0) is 68.1 Å². The highest BCUT2D eigenvalue weighted by molar-refractivity contribution is 6.38. The van der Waals surface area contributed by atoms with Gasteiger partial charge in [0, 0.05) is 12.6 Å². The molecule has 3 fully saturated rings. The van der Waals surface area contributed by atoms with Crippen LogP contribution in [0.4, 0.5) is 0 Å². The van der Waals surface area contributed by atoms with Gasteiger partial charge in [0.25, 0.3) is 11.8 Å². The van der Waals surface area contributed by atoms with Crippen molar-refractivity contribution in [1.29, 1.82) is 0 Å². The predicted octanol–water partition coefficient (Wildman–Crippen LogP) is 2.61. The Morgan fingerprint density at radius 3 is 2.08 bits per heavy atom. The summed E-state index contributed by atoms with van der Waals surface area (Å²) in [5.74, 6) is -4.45. The number of Topliss-reactive ketones (excluding diaryl/α,β-unsaturated/α-hetero) is 1. The minimum atomic E-state index is -1.17. The van der Waals surface area contributed by atoms with E-state index in [-0.39, 0.29) is 36.0 Å². The maximum atomic E-state index is 14.3. The van der Waals surface area contributed by atoms with Gasteiger partial charge in [-0.25, -0.2) is 0 Å². The Labute approximate surface area is 310 Å². The fraction of sp³-hybridized carbons (Fsp3) is 0.525. The molecular weight excluding hydrogens is 676 g/mol. The molecule has 13 nitrogen and oxygen atoms in total. The average Bonchev–Trinajstić information content (AvgIpc) is 4.11. The Balaban J connectivity index is 1.26. The minimum absolute atomic E-state index is 0.0897. The molecule has 284 valence electrons. The second-order valence-corrected chi connectivity index (χ2v) is 15.0. The smallest absolute Gasteiger partial charge is 0.290 e. The standard InChI is InChI=1S/C40H52N6O7/c1-24-10-9-15-29(20-24)37(50)45-34(28-13-7-4-8-14-28)40(53)46(2)31(22-26-18-19-26)38(51)43-30(21-25-16-17-25)35(48)39(52)42-23-32(47)44-33(36(41)49)27-11-5-3-6-12-27/h3,5-6,9-12,15,20,25-26,28,30-31,33-34H,4,7-8,13-14,16-19,21-23H2,1-2H3,(H2,41,49)(H,42,52)(H,43,51)(H,44,47)(H,45,50)/t30?,31-,33-,34-/m0/s1. The molecule has 6 amide bonds. The number of carbonyl (C=O) groups is 7. The van der Waals surface area contributed by atoms with Crippen LogP contribution in [0.15, 0.2) is 54.6 Å². The van der Waals surface area contributed by atoms with E-state index in [0.29, 0.717) is 17.5 Å². The van der Waals surface area contributed by atoms with Crippen LogP contribution in [0.1, 0.15) is 98.2 Å². The monoisotopic (exact) mass is 728 g/mol. The van der Waals surface area contributed by atoms with Gasteiger partial charge in [0.1, 0.15) is 18.1 Å². The maximum Gasteiger partial charge on any atom is 0.290 e. The number of amides is 6. The third-order valence-corrected chi connectivity index (χ3v) is 10.6. The molecule has 0 aromatic heterocycles. The number of nitrogens with one attached hydrogen (secondary N) is 4. The van der Waals surface area contributed by atoms with Crippen LogP contribution in [0.5, 0.6) is 0 Å². The Morgan fingerprint density at radius 2 is 1.45 bits per heavy atom. The fourth-order valence-electron chi connectivity index (χ4n) is 7.11. The van der Waals surface area contributed by atoms with Gasteiger partial charge in [0.2, 0.25) is 29.4 Å². The number of hydrogen-bond acceptors (Lipinski definition) is 7. The Hall–Kier alpha value is -5.07. The first kappa shape index (κ1) is 39.1. The zero-order valence-electron chi connectivity index (χ0n) is 30.6. The van der Waals surface area contributed by atoms with E-state index in [1.807, 2.05) is 13.0 Å². The van der Waals surface area contributed by atoms with Crippen LogP contribution in [0, 0.1) is 24.7 Å². The van der Waals surface area contributed by atoms with Crippen molar-refractivity contribution >= 4 is 41.2 Å². The lowest BCUT2D eigenvalue weighted by atomic mass is 9.83. The highest BCUT2D eigenvalue weighted by Crippen LogP contribution is 2.36. The molecule has 3 saturated carbocycles. The van der Waals surface area contributed by atoms with E-state index >= 15 is 0 Å². The number of likely N-dealkylation sites (N-methyl/N-ethyl adjacent to an activating group) is 1. The number of benzene rings is 2. The lowest BCUT2D eigenvalue weighted by Gasteiger charge is -2.36. The first-order valence-corrected chi connectivity index (χ1v) is 18.8. The van der Waals surface area contributed by atoms with Crippen molar-refractivity contribution in [3.05, 3.63) is 71.3 Å². The van der Waals surface area contributed by atoms with Crippen molar-refractivity contribution in [3.63, 3.8) is 0 Å². The molecule has 13 heteroatoms. The molecule has 1 unspecified atom stereocenters. The van der Waals surface area contributed by atoms with Crippen molar-refractivity contribution in [3.8, 4) is 0 Å². The summed E-state index contributed by atoms with van der Waals surface area (Å²) in [5, 5.41) is 10.6. The van der Waals surface area contributed by atoms with Gasteiger partial charge < -0.3 is 31.9 Å². The third kappa shape index (κ3) is 11.2. The summed E-state index contributed by atoms with van der Waals surface area (Å²) in [7, 11) is 1.57. The number of nitrogens with zero attached hydrogens (tertiary/aromatic N) is 1. The van der Waals surface area contributed by atoms with E-state index in [9.17, 15) is 33.6 Å². The van der Waals surface area contributed by atoms with Gasteiger partial charge >= 0.3 is 0 Å². The number of carbonyl (C=O) groups excluding carboxylic acids is 7. The molecule has 6 N–H and O–H groups in total. The molecule has 2 aromatic carbocycles. The highest BCUT2D eigenvalue weighted by Gasteiger charge is 2.41. The molecule has 0 aliphatic heterocycles. The maximum absolute atomic E-state index is 14.3. The van der Waals surface area contributed by atoms with Crippen molar-refractivity contribution in [2.45, 2.75) is 102 Å². The molecular formula is C40H52N6O7. The molecule has 53 heavy (non-hydrogen) atoms. The molecule has 5 rings (SSSR count). The largest absolute Gasteiger partial charge is 0.368 e. The summed E-state index contributed by atoms with van der Waals surface area (Å²) in [6, 6.07) is 11.5. The van der Waals surface area contributed by atoms with Crippen LogP contribution >= 0.6 is 0 Å². The number of ketones is 1. The fourth-order valence-corrected chi connectivity index (χ4v) is 7.11. The van der Waals surface area contributed by atoms with Crippen molar-refractivity contribution in [2.24, 2.45) is 23.5 Å². The van der Waals surface area contributed by atoms with E-state index in [1.54, 1.807) is 55.6 Å². The van der Waals surface area contributed by atoms with Crippen molar-refractivity contribution in [2.75, 3.05) is 13.6 Å². The van der Waals surface area contributed by atoms with Crippen LogP contribution in [0.25, 0.3) is 0 Å². The lowest BCUT2D eigenvalue weighted by molar-refractivity contribution is -0.144. The summed E-state index contributed by atoms with van der Waals surface area (Å²) >= 11 is 0. The SMILES string of the molecule is Cc1cccc(C(=O)N[C@H](C(=O)N(C)[C@@H](CC2CC2)C(=O)NC(CC2CC2)C(=O)C(=O)NCC(=O)N[C@H](C(N)=O)c2ccccc2)C2CCCCC2)c1. The molecule has 3 aliphatic carbocycles. The molecule has 4 atom stereocenters. The predicted molar refractivity (Wildman–Crippen MR) is 197 cm³/mol. The average molecular weight is 729 g/mol. The molecule has 0 radical (unpaired) electrons. The Bertz CT molecular complexity index is 1670. The Kier molecular flexibility index (Phi) is 13.4. The number of rotatable bonds is 18. The third-order valence-electron chi connectivity index (χ3n) is 10.6. The number of nitrogens with two attached hydrogens (primary N) is 1. The van der Waals surface area contributed by atoms with E-state index in [0.717, 1.165) is 63.4 Å². The van der Waals surface area contributed by atoms with Crippen LogP contribution < -0.4 is 27.0 Å². The van der Waals surface area contributed by atoms with E-state index in [1.165, 1.54) is 4.90 Å². The van der Waals surface area contributed by atoms with E-state index in [2.05, 4.69) is 21.3 Å². The molecule has 0 heterocycles. The van der Waals surface area contributed by atoms with Crippen LogP contribution in [-0.2, 0) is 28.8 Å². The molecule has 0 spiro atoms. The first-order valence-electron chi connectivity index (χ1n) is 18.8. The summed E-state index contributed by atoms with van der Waals surface area (Å²) in [6.07, 6.45) is 8.66. The van der Waals surface area contributed by atoms with Gasteiger partial charge in [-0.3, -0.25) is 33.6 Å². The van der Waals surface area contributed by atoms with Crippen molar-refractivity contribution < 1.29 is 33.6 Å². The first-order chi connectivity index (χ1) is 25.4. The summed E-state index contributed by atoms with van der Waals surface area (Å²) in [5.41, 5.74) is 7.32. The van der Waals surface area contributed by atoms with Crippen LogP contribution in [0.3, 0.4) is 0 Å². The second kappa shape index (κ2) is 18.1. The zero-order valence-corrected chi connectivity index (χ0v) is 30.6. The quantitative estimate of drug-likeness (QED) is 0.146. The molecule has 0 saturated heterocycles. The number of hydrogen-bond donors (Lipinski definition) is 5. The number of primary amides is 1. The molecule has 2 aromatic rings. The summed E-state index contributed by atoms with van der Waals surface area (Å²) < 4.78 is 0. The highest BCUT2D eigenvalue weighted by atomic mass is 16.2. The van der Waals surface area contributed by atoms with Gasteiger partial charge in [-0.2, -0.15) is 0 Å². The lowest BCUT2D eigenvalue weighted by Crippen LogP contribution is -2.59. The minimum Gasteiger partial charge on any atom is -0.368 e. The zero-order chi connectivity index (χ0) is 38.1. The van der Waals surface area contributed by atoms with Crippen LogP contribution in [-0.4, -0.2) is 77.8 Å². The molecule has 0 bridgehead atoms.